The van der Waals surface area contributed by atoms with Gasteiger partial charge in [-0.05, 0) is 24.3 Å². The number of carbonyl (C=O) groups is 2. The predicted molar refractivity (Wildman–Crippen MR) is 80.2 cm³/mol. The highest BCUT2D eigenvalue weighted by atomic mass is 79.9. The van der Waals surface area contributed by atoms with Crippen LogP contribution in [-0.4, -0.2) is 11.8 Å². The van der Waals surface area contributed by atoms with E-state index in [-0.39, 0.29) is 11.5 Å². The maximum atomic E-state index is 13.9. The molecule has 104 valence electrons. The summed E-state index contributed by atoms with van der Waals surface area (Å²) in [6.07, 6.45) is 0. The molecule has 0 saturated heterocycles. The molecule has 1 aromatic carbocycles. The molecule has 0 spiro atoms. The summed E-state index contributed by atoms with van der Waals surface area (Å²) >= 11 is 4.28. The topological polar surface area (TPSA) is 72.2 Å². The molecule has 1 heterocycles. The van der Waals surface area contributed by atoms with E-state index in [9.17, 15) is 14.0 Å². The highest BCUT2D eigenvalue weighted by Gasteiger charge is 2.17. The summed E-state index contributed by atoms with van der Waals surface area (Å²) in [5.74, 6) is -1.42. The van der Waals surface area contributed by atoms with Gasteiger partial charge in [-0.25, -0.2) is 4.39 Å². The van der Waals surface area contributed by atoms with Crippen LogP contribution < -0.4 is 11.1 Å². The Morgan fingerprint density at radius 1 is 1.35 bits per heavy atom. The Morgan fingerprint density at radius 3 is 2.60 bits per heavy atom. The quantitative estimate of drug-likeness (QED) is 0.884. The number of amides is 2. The summed E-state index contributed by atoms with van der Waals surface area (Å²) in [6, 6.07) is 6.09. The third-order valence-electron chi connectivity index (χ3n) is 2.48. The lowest BCUT2D eigenvalue weighted by Crippen LogP contribution is -2.14. The largest absolute Gasteiger partial charge is 0.366 e. The van der Waals surface area contributed by atoms with Crippen LogP contribution in [0.3, 0.4) is 0 Å². The molecule has 0 aliphatic carbocycles. The van der Waals surface area contributed by atoms with Gasteiger partial charge in [0.1, 0.15) is 10.8 Å². The second-order valence-corrected chi connectivity index (χ2v) is 5.99. The fourth-order valence-electron chi connectivity index (χ4n) is 1.65. The standard InChI is InChI=1S/C13H10BrFN2O2S/c1-6(18)17-13-9(12(16)19)5-11(20-13)8-3-2-7(14)4-10(8)15/h2-5H,1H3,(H2,16,19)(H,17,18). The van der Waals surface area contributed by atoms with Gasteiger partial charge in [0.2, 0.25) is 5.91 Å². The Bertz CT molecular complexity index is 700. The molecule has 0 fully saturated rings. The van der Waals surface area contributed by atoms with Crippen molar-refractivity contribution in [3.8, 4) is 10.4 Å². The van der Waals surface area contributed by atoms with E-state index >= 15 is 0 Å². The lowest BCUT2D eigenvalue weighted by molar-refractivity contribution is -0.114. The number of carbonyl (C=O) groups excluding carboxylic acids is 2. The van der Waals surface area contributed by atoms with Gasteiger partial charge in [0.25, 0.3) is 5.91 Å². The van der Waals surface area contributed by atoms with E-state index in [1.54, 1.807) is 12.1 Å². The Morgan fingerprint density at radius 2 is 2.05 bits per heavy atom. The molecule has 2 rings (SSSR count). The van der Waals surface area contributed by atoms with Crippen molar-refractivity contribution >= 4 is 44.1 Å². The van der Waals surface area contributed by atoms with Gasteiger partial charge < -0.3 is 11.1 Å². The van der Waals surface area contributed by atoms with Crippen molar-refractivity contribution in [2.75, 3.05) is 5.32 Å². The maximum absolute atomic E-state index is 13.9. The molecule has 0 radical (unpaired) electrons. The summed E-state index contributed by atoms with van der Waals surface area (Å²) in [5, 5.41) is 2.84. The number of anilines is 1. The summed E-state index contributed by atoms with van der Waals surface area (Å²) in [4.78, 5) is 23.0. The van der Waals surface area contributed by atoms with Crippen LogP contribution in [0.2, 0.25) is 0 Å². The van der Waals surface area contributed by atoms with E-state index in [1.165, 1.54) is 19.1 Å². The number of primary amides is 1. The lowest BCUT2D eigenvalue weighted by Gasteiger charge is -2.00. The molecule has 3 N–H and O–H groups in total. The normalized spacial score (nSPS) is 10.3. The first-order valence-corrected chi connectivity index (χ1v) is 7.16. The van der Waals surface area contributed by atoms with Crippen molar-refractivity contribution in [1.82, 2.24) is 0 Å². The zero-order valence-electron chi connectivity index (χ0n) is 10.4. The minimum absolute atomic E-state index is 0.169. The van der Waals surface area contributed by atoms with E-state index in [1.807, 2.05) is 0 Å². The van der Waals surface area contributed by atoms with Gasteiger partial charge in [0, 0.05) is 21.8 Å². The van der Waals surface area contributed by atoms with Crippen molar-refractivity contribution < 1.29 is 14.0 Å². The zero-order valence-corrected chi connectivity index (χ0v) is 12.8. The van der Waals surface area contributed by atoms with Gasteiger partial charge in [-0.1, -0.05) is 15.9 Å². The van der Waals surface area contributed by atoms with Crippen molar-refractivity contribution in [2.45, 2.75) is 6.92 Å². The van der Waals surface area contributed by atoms with Crippen LogP contribution >= 0.6 is 27.3 Å². The number of nitrogens with one attached hydrogen (secondary N) is 1. The Kier molecular flexibility index (Phi) is 4.20. The van der Waals surface area contributed by atoms with E-state index < -0.39 is 11.7 Å². The minimum Gasteiger partial charge on any atom is -0.366 e. The first-order valence-electron chi connectivity index (χ1n) is 5.55. The van der Waals surface area contributed by atoms with Crippen molar-refractivity contribution in [2.24, 2.45) is 5.73 Å². The third-order valence-corrected chi connectivity index (χ3v) is 4.06. The van der Waals surface area contributed by atoms with E-state index in [0.29, 0.717) is 19.9 Å². The molecule has 0 aliphatic rings. The highest BCUT2D eigenvalue weighted by Crippen LogP contribution is 2.37. The number of rotatable bonds is 3. The van der Waals surface area contributed by atoms with Crippen LogP contribution in [0.25, 0.3) is 10.4 Å². The average molecular weight is 357 g/mol. The average Bonchev–Trinajstić information content (AvgIpc) is 2.71. The van der Waals surface area contributed by atoms with Crippen molar-refractivity contribution in [1.29, 1.82) is 0 Å². The molecule has 0 aliphatic heterocycles. The van der Waals surface area contributed by atoms with E-state index in [0.717, 1.165) is 11.3 Å². The molecular formula is C13H10BrFN2O2S. The SMILES string of the molecule is CC(=O)Nc1sc(-c2ccc(Br)cc2F)cc1C(N)=O. The first kappa shape index (κ1) is 14.7. The van der Waals surface area contributed by atoms with Crippen LogP contribution in [0.5, 0.6) is 0 Å². The smallest absolute Gasteiger partial charge is 0.251 e. The number of hydrogen-bond acceptors (Lipinski definition) is 3. The molecule has 7 heteroatoms. The number of benzene rings is 1. The van der Waals surface area contributed by atoms with Gasteiger partial charge in [0.05, 0.1) is 5.56 Å². The predicted octanol–water partition coefficient (Wildman–Crippen LogP) is 3.37. The number of nitrogens with two attached hydrogens (primary N) is 1. The van der Waals surface area contributed by atoms with Gasteiger partial charge in [-0.15, -0.1) is 11.3 Å². The lowest BCUT2D eigenvalue weighted by atomic mass is 10.1. The van der Waals surface area contributed by atoms with Crippen molar-refractivity contribution in [3.63, 3.8) is 0 Å². The molecule has 4 nitrogen and oxygen atoms in total. The second-order valence-electron chi connectivity index (χ2n) is 4.02. The van der Waals surface area contributed by atoms with Gasteiger partial charge >= 0.3 is 0 Å². The Balaban J connectivity index is 2.52. The molecule has 0 saturated carbocycles. The Hall–Kier alpha value is -1.73. The molecule has 2 aromatic rings. The highest BCUT2D eigenvalue weighted by molar-refractivity contribution is 9.10. The number of thiophene rings is 1. The summed E-state index contributed by atoms with van der Waals surface area (Å²) < 4.78 is 14.5. The number of hydrogen-bond donors (Lipinski definition) is 2. The maximum Gasteiger partial charge on any atom is 0.251 e. The number of halogens is 2. The van der Waals surface area contributed by atoms with Crippen LogP contribution in [0.4, 0.5) is 9.39 Å². The van der Waals surface area contributed by atoms with E-state index in [4.69, 9.17) is 5.73 Å². The monoisotopic (exact) mass is 356 g/mol. The molecular weight excluding hydrogens is 347 g/mol. The molecule has 2 amide bonds. The summed E-state index contributed by atoms with van der Waals surface area (Å²) in [5.41, 5.74) is 5.77. The molecule has 1 aromatic heterocycles. The second kappa shape index (κ2) is 5.72. The van der Waals surface area contributed by atoms with Crippen molar-refractivity contribution in [3.05, 3.63) is 40.1 Å². The van der Waals surface area contributed by atoms with Gasteiger partial charge in [0.15, 0.2) is 0 Å². The Labute approximate surface area is 126 Å². The first-order chi connectivity index (χ1) is 9.38. The van der Waals surface area contributed by atoms with E-state index in [2.05, 4.69) is 21.2 Å². The molecule has 20 heavy (non-hydrogen) atoms. The minimum atomic E-state index is -0.672. The zero-order chi connectivity index (χ0) is 14.9. The molecule has 0 bridgehead atoms. The fourth-order valence-corrected chi connectivity index (χ4v) is 3.12. The van der Waals surface area contributed by atoms with Crippen LogP contribution in [0.1, 0.15) is 17.3 Å². The fraction of sp³-hybridized carbons (Fsp3) is 0.0769. The van der Waals surface area contributed by atoms with Crippen LogP contribution in [-0.2, 0) is 4.79 Å². The van der Waals surface area contributed by atoms with Gasteiger partial charge in [-0.3, -0.25) is 9.59 Å². The van der Waals surface area contributed by atoms with Crippen LogP contribution in [0, 0.1) is 5.82 Å². The van der Waals surface area contributed by atoms with Gasteiger partial charge in [-0.2, -0.15) is 0 Å². The third kappa shape index (κ3) is 3.05. The van der Waals surface area contributed by atoms with Crippen LogP contribution in [0.15, 0.2) is 28.7 Å². The summed E-state index contributed by atoms with van der Waals surface area (Å²) in [6.45, 7) is 1.32. The molecule has 0 atom stereocenters. The summed E-state index contributed by atoms with van der Waals surface area (Å²) in [7, 11) is 0. The molecule has 0 unspecified atom stereocenters.